The maximum Gasteiger partial charge on any atom is 0.0716 e. The van der Waals surface area contributed by atoms with E-state index in [1.54, 1.807) is 14.2 Å². The molecular formula is C15H23NO2. The van der Waals surface area contributed by atoms with Crippen molar-refractivity contribution < 1.29 is 9.47 Å². The van der Waals surface area contributed by atoms with Gasteiger partial charge in [-0.15, -0.1) is 0 Å². The molecule has 0 spiro atoms. The Bertz CT molecular complexity index is 363. The molecule has 2 rings (SSSR count). The van der Waals surface area contributed by atoms with E-state index in [9.17, 15) is 0 Å². The van der Waals surface area contributed by atoms with E-state index >= 15 is 0 Å². The fourth-order valence-corrected chi connectivity index (χ4v) is 2.31. The number of methoxy groups -OCH3 is 2. The second-order valence-corrected chi connectivity index (χ2v) is 4.98. The Morgan fingerprint density at radius 1 is 1.17 bits per heavy atom. The Labute approximate surface area is 109 Å². The quantitative estimate of drug-likeness (QED) is 0.767. The zero-order valence-corrected chi connectivity index (χ0v) is 11.3. The molecule has 0 bridgehead atoms. The second-order valence-electron chi connectivity index (χ2n) is 4.98. The molecular weight excluding hydrogens is 226 g/mol. The average molecular weight is 249 g/mol. The molecule has 1 saturated carbocycles. The van der Waals surface area contributed by atoms with Crippen molar-refractivity contribution in [3.8, 4) is 0 Å². The van der Waals surface area contributed by atoms with Crippen LogP contribution in [0.5, 0.6) is 0 Å². The van der Waals surface area contributed by atoms with Crippen molar-refractivity contribution in [1.29, 1.82) is 0 Å². The Balaban J connectivity index is 1.91. The van der Waals surface area contributed by atoms with Crippen LogP contribution >= 0.6 is 0 Å². The van der Waals surface area contributed by atoms with Crippen LogP contribution in [0.25, 0.3) is 0 Å². The third kappa shape index (κ3) is 3.80. The Hall–Kier alpha value is -0.900. The molecule has 0 amide bonds. The van der Waals surface area contributed by atoms with Crippen LogP contribution in [0.4, 0.5) is 0 Å². The molecule has 1 N–H and O–H groups in total. The molecule has 3 heteroatoms. The van der Waals surface area contributed by atoms with Crippen LogP contribution in [0, 0.1) is 5.92 Å². The van der Waals surface area contributed by atoms with Gasteiger partial charge in [0.05, 0.1) is 13.2 Å². The molecule has 3 nitrogen and oxygen atoms in total. The number of hydrogen-bond donors (Lipinski definition) is 1. The van der Waals surface area contributed by atoms with Crippen LogP contribution in [-0.4, -0.2) is 26.9 Å². The molecule has 0 aliphatic heterocycles. The summed E-state index contributed by atoms with van der Waals surface area (Å²) in [4.78, 5) is 0. The number of ether oxygens (including phenoxy) is 2. The van der Waals surface area contributed by atoms with Gasteiger partial charge in [-0.2, -0.15) is 0 Å². The van der Waals surface area contributed by atoms with Crippen LogP contribution in [-0.2, 0) is 22.6 Å². The molecule has 1 aromatic rings. The van der Waals surface area contributed by atoms with Crippen LogP contribution in [0.15, 0.2) is 24.3 Å². The first-order valence-corrected chi connectivity index (χ1v) is 6.63. The molecule has 0 heterocycles. The lowest BCUT2D eigenvalue weighted by molar-refractivity contribution is 0.156. The highest BCUT2D eigenvalue weighted by Crippen LogP contribution is 2.32. The fraction of sp³-hybridized carbons (Fsp3) is 0.600. The molecule has 0 saturated heterocycles. The van der Waals surface area contributed by atoms with Crippen molar-refractivity contribution in [1.82, 2.24) is 5.32 Å². The van der Waals surface area contributed by atoms with E-state index in [2.05, 4.69) is 29.6 Å². The Kier molecular flexibility index (Phi) is 5.17. The maximum atomic E-state index is 5.28. The first-order chi connectivity index (χ1) is 8.85. The summed E-state index contributed by atoms with van der Waals surface area (Å²) in [6, 6.07) is 8.93. The summed E-state index contributed by atoms with van der Waals surface area (Å²) < 4.78 is 10.5. The van der Waals surface area contributed by atoms with Crippen molar-refractivity contribution in [3.05, 3.63) is 35.4 Å². The summed E-state index contributed by atoms with van der Waals surface area (Å²) in [6.07, 6.45) is 2.67. The number of benzene rings is 1. The Morgan fingerprint density at radius 2 is 1.89 bits per heavy atom. The monoisotopic (exact) mass is 249 g/mol. The molecule has 100 valence electrons. The predicted octanol–water partition coefficient (Wildman–Crippen LogP) is 2.35. The van der Waals surface area contributed by atoms with Gasteiger partial charge in [-0.3, -0.25) is 0 Å². The summed E-state index contributed by atoms with van der Waals surface area (Å²) in [5.41, 5.74) is 2.58. The summed E-state index contributed by atoms with van der Waals surface area (Å²) in [6.45, 7) is 2.37. The third-order valence-corrected chi connectivity index (χ3v) is 3.51. The zero-order chi connectivity index (χ0) is 12.8. The molecule has 1 aromatic carbocycles. The standard InChI is InChI=1S/C15H23NO2/c1-17-10-14-6-4-3-5-13(14)9-16-15(11-18-2)12-7-8-12/h3-6,12,15-16H,7-11H2,1-2H3. The minimum Gasteiger partial charge on any atom is -0.383 e. The van der Waals surface area contributed by atoms with Gasteiger partial charge in [0.2, 0.25) is 0 Å². The summed E-state index contributed by atoms with van der Waals surface area (Å²) in [5.74, 6) is 0.805. The van der Waals surface area contributed by atoms with E-state index in [4.69, 9.17) is 9.47 Å². The van der Waals surface area contributed by atoms with Crippen molar-refractivity contribution in [2.45, 2.75) is 32.0 Å². The average Bonchev–Trinajstić information content (AvgIpc) is 3.21. The van der Waals surface area contributed by atoms with Crippen molar-refractivity contribution in [2.24, 2.45) is 5.92 Å². The summed E-state index contributed by atoms with van der Waals surface area (Å²) in [5, 5.41) is 3.62. The van der Waals surface area contributed by atoms with E-state index in [-0.39, 0.29) is 0 Å². The molecule has 1 atom stereocenters. The van der Waals surface area contributed by atoms with Gasteiger partial charge in [-0.05, 0) is 29.9 Å². The lowest BCUT2D eigenvalue weighted by Crippen LogP contribution is -2.34. The third-order valence-electron chi connectivity index (χ3n) is 3.51. The van der Waals surface area contributed by atoms with Gasteiger partial charge in [0, 0.05) is 26.8 Å². The predicted molar refractivity (Wildman–Crippen MR) is 72.4 cm³/mol. The highest BCUT2D eigenvalue weighted by molar-refractivity contribution is 5.26. The molecule has 1 aliphatic carbocycles. The first kappa shape index (κ1) is 13.5. The van der Waals surface area contributed by atoms with Gasteiger partial charge in [0.15, 0.2) is 0 Å². The van der Waals surface area contributed by atoms with Gasteiger partial charge in [0.25, 0.3) is 0 Å². The minimum absolute atomic E-state index is 0.491. The van der Waals surface area contributed by atoms with Crippen molar-refractivity contribution in [2.75, 3.05) is 20.8 Å². The van der Waals surface area contributed by atoms with E-state index < -0.39 is 0 Å². The van der Waals surface area contributed by atoms with Crippen molar-refractivity contribution >= 4 is 0 Å². The van der Waals surface area contributed by atoms with Crippen LogP contribution in [0.2, 0.25) is 0 Å². The molecule has 18 heavy (non-hydrogen) atoms. The number of nitrogens with one attached hydrogen (secondary N) is 1. The van der Waals surface area contributed by atoms with Crippen LogP contribution < -0.4 is 5.32 Å². The normalized spacial score (nSPS) is 16.8. The SMILES string of the molecule is COCc1ccccc1CNC(COC)C1CC1. The van der Waals surface area contributed by atoms with E-state index in [1.165, 1.54) is 24.0 Å². The highest BCUT2D eigenvalue weighted by Gasteiger charge is 2.30. The number of rotatable bonds is 8. The van der Waals surface area contributed by atoms with E-state index in [0.717, 1.165) is 19.1 Å². The van der Waals surface area contributed by atoms with Gasteiger partial charge in [0.1, 0.15) is 0 Å². The maximum absolute atomic E-state index is 5.28. The van der Waals surface area contributed by atoms with Gasteiger partial charge >= 0.3 is 0 Å². The van der Waals surface area contributed by atoms with Gasteiger partial charge in [-0.1, -0.05) is 24.3 Å². The largest absolute Gasteiger partial charge is 0.383 e. The minimum atomic E-state index is 0.491. The first-order valence-electron chi connectivity index (χ1n) is 6.63. The van der Waals surface area contributed by atoms with Crippen LogP contribution in [0.1, 0.15) is 24.0 Å². The second kappa shape index (κ2) is 6.88. The molecule has 1 aliphatic rings. The summed E-state index contributed by atoms with van der Waals surface area (Å²) in [7, 11) is 3.51. The summed E-state index contributed by atoms with van der Waals surface area (Å²) >= 11 is 0. The van der Waals surface area contributed by atoms with Crippen molar-refractivity contribution in [3.63, 3.8) is 0 Å². The molecule has 1 unspecified atom stereocenters. The topological polar surface area (TPSA) is 30.5 Å². The van der Waals surface area contributed by atoms with E-state index in [1.807, 2.05) is 0 Å². The Morgan fingerprint density at radius 3 is 2.50 bits per heavy atom. The smallest absolute Gasteiger partial charge is 0.0716 e. The van der Waals surface area contributed by atoms with Gasteiger partial charge in [-0.25, -0.2) is 0 Å². The van der Waals surface area contributed by atoms with Crippen LogP contribution in [0.3, 0.4) is 0 Å². The number of hydrogen-bond acceptors (Lipinski definition) is 3. The molecule has 0 radical (unpaired) electrons. The molecule has 1 fully saturated rings. The lowest BCUT2D eigenvalue weighted by Gasteiger charge is -2.18. The molecule has 0 aromatic heterocycles. The lowest BCUT2D eigenvalue weighted by atomic mass is 10.1. The highest BCUT2D eigenvalue weighted by atomic mass is 16.5. The zero-order valence-electron chi connectivity index (χ0n) is 11.3. The fourth-order valence-electron chi connectivity index (χ4n) is 2.31. The van der Waals surface area contributed by atoms with E-state index in [0.29, 0.717) is 12.6 Å². The van der Waals surface area contributed by atoms with Gasteiger partial charge < -0.3 is 14.8 Å².